The number of aliphatic hydroxyl groups is 2. The number of nitrogens with zero attached hydrogens (tertiary/aromatic N) is 3. The van der Waals surface area contributed by atoms with Crippen molar-refractivity contribution in [1.29, 1.82) is 0 Å². The number of hydroxylamine groups is 2. The van der Waals surface area contributed by atoms with Crippen LogP contribution in [-0.4, -0.2) is 97.4 Å². The molecule has 0 radical (unpaired) electrons. The highest BCUT2D eigenvalue weighted by molar-refractivity contribution is 7.13. The highest BCUT2D eigenvalue weighted by Crippen LogP contribution is 2.33. The van der Waals surface area contributed by atoms with E-state index in [9.17, 15) is 24.3 Å². The number of nitrogens with two attached hydrogens (primary N) is 1. The molecule has 31 heavy (non-hydrogen) atoms. The standard InChI is InChI=1S/C15H19N5O10S/c1-15(5-22)10(12(26)20(15)30-7(2-21)13(27)28)18-11(25)9(19-29-3-8(23)24)6-4-31-14(16)17-6/h4,7,10,21-22H,2-3,5H2,1H3,(H2,16,17)(H,18,25)(H,23,24)(H,27,28). The van der Waals surface area contributed by atoms with Gasteiger partial charge in [-0.05, 0) is 6.92 Å². The second-order valence-electron chi connectivity index (χ2n) is 6.35. The molecule has 1 fully saturated rings. The normalized spacial score (nSPS) is 21.9. The van der Waals surface area contributed by atoms with Crippen molar-refractivity contribution in [2.75, 3.05) is 25.6 Å². The first kappa shape index (κ1) is 23.9. The van der Waals surface area contributed by atoms with Crippen molar-refractivity contribution in [3.63, 3.8) is 0 Å². The number of aromatic nitrogens is 1. The minimum absolute atomic E-state index is 0.0535. The average Bonchev–Trinajstić information content (AvgIpc) is 3.14. The third kappa shape index (κ3) is 5.05. The van der Waals surface area contributed by atoms with Crippen LogP contribution in [0, 0.1) is 0 Å². The van der Waals surface area contributed by atoms with Crippen LogP contribution in [0.2, 0.25) is 0 Å². The number of amides is 2. The SMILES string of the molecule is CC1(CO)C(NC(=O)C(=NOCC(=O)O)c2csc(N)n2)C(=O)N1OC(CO)C(=O)O. The monoisotopic (exact) mass is 461 g/mol. The van der Waals surface area contributed by atoms with Crippen molar-refractivity contribution in [2.45, 2.75) is 24.6 Å². The summed E-state index contributed by atoms with van der Waals surface area (Å²) < 4.78 is 0. The predicted molar refractivity (Wildman–Crippen MR) is 101 cm³/mol. The van der Waals surface area contributed by atoms with Crippen LogP contribution in [0.1, 0.15) is 12.6 Å². The van der Waals surface area contributed by atoms with Crippen molar-refractivity contribution >= 4 is 45.9 Å². The lowest BCUT2D eigenvalue weighted by Crippen LogP contribution is -2.80. The van der Waals surface area contributed by atoms with E-state index < -0.39 is 67.0 Å². The van der Waals surface area contributed by atoms with E-state index in [1.54, 1.807) is 0 Å². The quantitative estimate of drug-likeness (QED) is 0.110. The molecule has 0 aliphatic carbocycles. The van der Waals surface area contributed by atoms with Crippen LogP contribution in [0.4, 0.5) is 5.13 Å². The van der Waals surface area contributed by atoms with Crippen LogP contribution >= 0.6 is 11.3 Å². The molecule has 2 heterocycles. The number of rotatable bonds is 11. The van der Waals surface area contributed by atoms with Crippen LogP contribution in [0.5, 0.6) is 0 Å². The number of hydrogen-bond acceptors (Lipinski definition) is 12. The molecule has 0 aromatic carbocycles. The van der Waals surface area contributed by atoms with Crippen molar-refractivity contribution < 1.29 is 49.3 Å². The molecule has 3 unspecified atom stereocenters. The van der Waals surface area contributed by atoms with E-state index in [1.165, 1.54) is 12.3 Å². The zero-order valence-electron chi connectivity index (χ0n) is 15.9. The number of aliphatic carboxylic acids is 2. The van der Waals surface area contributed by atoms with Gasteiger partial charge in [0.2, 0.25) is 12.7 Å². The van der Waals surface area contributed by atoms with Gasteiger partial charge in [0.05, 0.1) is 13.2 Å². The van der Waals surface area contributed by atoms with Gasteiger partial charge in [-0.1, -0.05) is 5.16 Å². The number of thiazole rings is 1. The Morgan fingerprint density at radius 2 is 2.10 bits per heavy atom. The zero-order chi connectivity index (χ0) is 23.3. The first-order chi connectivity index (χ1) is 14.5. The summed E-state index contributed by atoms with van der Waals surface area (Å²) in [5, 5.41) is 44.1. The van der Waals surface area contributed by atoms with Crippen LogP contribution in [0.25, 0.3) is 0 Å². The number of β-lactam (4-membered cyclic amide) rings is 1. The Kier molecular flexibility index (Phi) is 7.45. The molecule has 1 aliphatic heterocycles. The molecule has 7 N–H and O–H groups in total. The number of hydrogen-bond donors (Lipinski definition) is 6. The van der Waals surface area contributed by atoms with Gasteiger partial charge in [-0.25, -0.2) is 19.6 Å². The summed E-state index contributed by atoms with van der Waals surface area (Å²) in [6, 6.07) is -1.38. The fourth-order valence-electron chi connectivity index (χ4n) is 2.47. The van der Waals surface area contributed by atoms with Crippen molar-refractivity contribution in [3.05, 3.63) is 11.1 Å². The highest BCUT2D eigenvalue weighted by Gasteiger charge is 2.60. The van der Waals surface area contributed by atoms with Gasteiger partial charge >= 0.3 is 11.9 Å². The van der Waals surface area contributed by atoms with Crippen LogP contribution in [0.15, 0.2) is 10.5 Å². The van der Waals surface area contributed by atoms with E-state index in [0.29, 0.717) is 5.06 Å². The minimum atomic E-state index is -1.77. The van der Waals surface area contributed by atoms with Crippen LogP contribution in [-0.2, 0) is 28.9 Å². The molecule has 0 bridgehead atoms. The lowest BCUT2D eigenvalue weighted by Gasteiger charge is -2.53. The Bertz CT molecular complexity index is 905. The summed E-state index contributed by atoms with van der Waals surface area (Å²) >= 11 is 0.965. The maximum Gasteiger partial charge on any atom is 0.344 e. The summed E-state index contributed by atoms with van der Waals surface area (Å²) in [6.07, 6.45) is -1.77. The third-order valence-corrected chi connectivity index (χ3v) is 4.80. The van der Waals surface area contributed by atoms with Gasteiger partial charge < -0.3 is 36.3 Å². The van der Waals surface area contributed by atoms with E-state index in [1.807, 2.05) is 0 Å². The van der Waals surface area contributed by atoms with E-state index in [0.717, 1.165) is 11.3 Å². The summed E-state index contributed by atoms with van der Waals surface area (Å²) in [7, 11) is 0. The molecular weight excluding hydrogens is 442 g/mol. The van der Waals surface area contributed by atoms with Crippen LogP contribution in [0.3, 0.4) is 0 Å². The maximum atomic E-state index is 12.7. The largest absolute Gasteiger partial charge is 0.479 e. The Labute approximate surface area is 177 Å². The van der Waals surface area contributed by atoms with Gasteiger partial charge in [-0.2, -0.15) is 0 Å². The smallest absolute Gasteiger partial charge is 0.344 e. The molecule has 2 amide bonds. The summed E-state index contributed by atoms with van der Waals surface area (Å²) in [5.74, 6) is -4.82. The fourth-order valence-corrected chi connectivity index (χ4v) is 3.02. The molecule has 0 spiro atoms. The van der Waals surface area contributed by atoms with E-state index in [4.69, 9.17) is 25.9 Å². The van der Waals surface area contributed by atoms with E-state index >= 15 is 0 Å². The molecule has 2 rings (SSSR count). The molecule has 0 saturated carbocycles. The zero-order valence-corrected chi connectivity index (χ0v) is 16.7. The number of anilines is 1. The minimum Gasteiger partial charge on any atom is -0.479 e. The Hall–Kier alpha value is -3.34. The molecule has 3 atom stereocenters. The highest BCUT2D eigenvalue weighted by atomic mass is 32.1. The van der Waals surface area contributed by atoms with Gasteiger partial charge in [0, 0.05) is 5.38 Å². The van der Waals surface area contributed by atoms with Crippen LogP contribution < -0.4 is 11.1 Å². The summed E-state index contributed by atoms with van der Waals surface area (Å²) in [4.78, 5) is 60.1. The lowest BCUT2D eigenvalue weighted by atomic mass is 9.83. The number of nitrogens with one attached hydrogen (secondary N) is 1. The number of nitrogen functional groups attached to an aromatic ring is 1. The second kappa shape index (κ2) is 9.65. The third-order valence-electron chi connectivity index (χ3n) is 4.13. The molecule has 15 nitrogen and oxygen atoms in total. The molecule has 1 aromatic rings. The molecular formula is C15H19N5O10S. The van der Waals surface area contributed by atoms with Crippen molar-refractivity contribution in [1.82, 2.24) is 15.4 Å². The Balaban J connectivity index is 2.21. The van der Waals surface area contributed by atoms with E-state index in [-0.39, 0.29) is 10.8 Å². The second-order valence-corrected chi connectivity index (χ2v) is 7.24. The Morgan fingerprint density at radius 1 is 1.42 bits per heavy atom. The number of oxime groups is 1. The van der Waals surface area contributed by atoms with Gasteiger partial charge in [-0.15, -0.1) is 11.3 Å². The lowest BCUT2D eigenvalue weighted by molar-refractivity contribution is -0.288. The molecule has 1 aromatic heterocycles. The van der Waals surface area contributed by atoms with Gasteiger partial charge in [0.1, 0.15) is 17.3 Å². The average molecular weight is 461 g/mol. The van der Waals surface area contributed by atoms with Gasteiger partial charge in [0.25, 0.3) is 11.8 Å². The molecule has 1 aliphatic rings. The Morgan fingerprint density at radius 3 is 2.58 bits per heavy atom. The first-order valence-corrected chi connectivity index (χ1v) is 9.32. The number of carboxylic acids is 2. The van der Waals surface area contributed by atoms with Gasteiger partial charge in [-0.3, -0.25) is 14.4 Å². The predicted octanol–water partition coefficient (Wildman–Crippen LogP) is -3.01. The number of carbonyl (C=O) groups is 4. The number of carbonyl (C=O) groups excluding carboxylic acids is 2. The molecule has 1 saturated heterocycles. The summed E-state index contributed by atoms with van der Waals surface area (Å²) in [5.41, 5.74) is 3.41. The summed E-state index contributed by atoms with van der Waals surface area (Å²) in [6.45, 7) is -1.24. The molecule has 16 heteroatoms. The van der Waals surface area contributed by atoms with Crippen molar-refractivity contribution in [2.24, 2.45) is 5.16 Å². The number of carboxylic acid groups (broad SMARTS) is 2. The maximum absolute atomic E-state index is 12.7. The van der Waals surface area contributed by atoms with Gasteiger partial charge in [0.15, 0.2) is 10.8 Å². The van der Waals surface area contributed by atoms with Crippen molar-refractivity contribution in [3.8, 4) is 0 Å². The fraction of sp³-hybridized carbons (Fsp3) is 0.467. The van der Waals surface area contributed by atoms with E-state index in [2.05, 4.69) is 20.3 Å². The number of aliphatic hydroxyl groups excluding tert-OH is 2. The molecule has 170 valence electrons. The first-order valence-electron chi connectivity index (χ1n) is 8.44. The topological polar surface area (TPSA) is 234 Å².